The Bertz CT molecular complexity index is 1150. The fourth-order valence-corrected chi connectivity index (χ4v) is 4.26. The Hall–Kier alpha value is -2.99. The lowest BCUT2D eigenvalue weighted by Crippen LogP contribution is -2.51. The van der Waals surface area contributed by atoms with E-state index in [1.54, 1.807) is 12.1 Å². The molecule has 2 atom stereocenters. The van der Waals surface area contributed by atoms with Gasteiger partial charge in [0.05, 0.1) is 11.3 Å². The summed E-state index contributed by atoms with van der Waals surface area (Å²) in [5, 5.41) is 12.9. The van der Waals surface area contributed by atoms with Crippen molar-refractivity contribution in [2.45, 2.75) is 36.8 Å². The first-order valence-corrected chi connectivity index (χ1v) is 11.2. The zero-order valence-corrected chi connectivity index (χ0v) is 17.9. The van der Waals surface area contributed by atoms with Crippen LogP contribution in [0.5, 0.6) is 0 Å². The van der Waals surface area contributed by atoms with Gasteiger partial charge >= 0.3 is 6.18 Å². The molecular weight excluding hydrogens is 451 g/mol. The summed E-state index contributed by atoms with van der Waals surface area (Å²) in [6.45, 7) is 1.18. The average Bonchev–Trinajstić information content (AvgIpc) is 3.20. The Morgan fingerprint density at radius 2 is 1.84 bits per heavy atom. The van der Waals surface area contributed by atoms with Gasteiger partial charge in [-0.05, 0) is 29.7 Å². The van der Waals surface area contributed by atoms with Crippen LogP contribution in [0.4, 0.5) is 13.2 Å². The van der Waals surface area contributed by atoms with Gasteiger partial charge in [-0.2, -0.15) is 13.2 Å². The van der Waals surface area contributed by atoms with Crippen molar-refractivity contribution in [1.82, 2.24) is 10.5 Å². The zero-order valence-electron chi connectivity index (χ0n) is 17.0. The van der Waals surface area contributed by atoms with Gasteiger partial charge in [0.25, 0.3) is 5.91 Å². The number of alkyl halides is 3. The number of nitrogens with one attached hydrogen (secondary N) is 1. The Kier molecular flexibility index (Phi) is 6.29. The summed E-state index contributed by atoms with van der Waals surface area (Å²) in [7, 11) is -3.90. The molecule has 2 N–H and O–H groups in total. The first-order valence-electron chi connectivity index (χ1n) is 9.35. The van der Waals surface area contributed by atoms with Crippen LogP contribution in [0.3, 0.4) is 0 Å². The van der Waals surface area contributed by atoms with Crippen LogP contribution >= 0.6 is 0 Å². The molecule has 172 valence electrons. The lowest BCUT2D eigenvalue weighted by molar-refractivity contribution is -0.137. The van der Waals surface area contributed by atoms with Crippen LogP contribution < -0.4 is 5.48 Å². The maximum absolute atomic E-state index is 13.2. The summed E-state index contributed by atoms with van der Waals surface area (Å²) >= 11 is 0. The van der Waals surface area contributed by atoms with Crippen LogP contribution in [-0.4, -0.2) is 47.3 Å². The maximum atomic E-state index is 13.2. The smallest absolute Gasteiger partial charge is 0.392 e. The number of carbonyl (C=O) groups excluding carboxylic acids is 1. The molecular formula is C20H20F3N3O5S. The van der Waals surface area contributed by atoms with E-state index in [9.17, 15) is 26.4 Å². The predicted octanol–water partition coefficient (Wildman–Crippen LogP) is 2.96. The van der Waals surface area contributed by atoms with E-state index in [4.69, 9.17) is 10.0 Å². The molecule has 1 aliphatic heterocycles. The molecule has 12 heteroatoms. The van der Waals surface area contributed by atoms with Crippen LogP contribution in [0.25, 0.3) is 11.1 Å². The molecule has 8 nitrogen and oxygen atoms in total. The number of sulfone groups is 1. The number of hydroxylamine groups is 1. The maximum Gasteiger partial charge on any atom is 0.418 e. The fourth-order valence-electron chi connectivity index (χ4n) is 3.39. The lowest BCUT2D eigenvalue weighted by atomic mass is 9.95. The van der Waals surface area contributed by atoms with Gasteiger partial charge in [-0.1, -0.05) is 29.4 Å². The third-order valence-electron chi connectivity index (χ3n) is 5.41. The Labute approximate surface area is 182 Å². The molecule has 0 bridgehead atoms. The van der Waals surface area contributed by atoms with E-state index in [1.165, 1.54) is 36.8 Å². The second-order valence-corrected chi connectivity index (χ2v) is 10.1. The molecule has 0 saturated carbocycles. The summed E-state index contributed by atoms with van der Waals surface area (Å²) in [6, 6.07) is 7.46. The highest BCUT2D eigenvalue weighted by Crippen LogP contribution is 2.36. The summed E-state index contributed by atoms with van der Waals surface area (Å²) in [5.41, 5.74) is 1.87. The van der Waals surface area contributed by atoms with Crippen molar-refractivity contribution in [3.8, 4) is 11.1 Å². The van der Waals surface area contributed by atoms with Crippen molar-refractivity contribution >= 4 is 21.5 Å². The summed E-state index contributed by atoms with van der Waals surface area (Å²) in [6.07, 6.45) is -2.46. The quantitative estimate of drug-likeness (QED) is 0.494. The summed E-state index contributed by atoms with van der Waals surface area (Å²) in [5.74, 6) is -1.08. The number of halogens is 3. The molecule has 1 aromatic carbocycles. The first-order chi connectivity index (χ1) is 14.9. The SMILES string of the molecule is CC(C[C@H]1CC(c2ccc(-c3ccncc3C(F)(F)F)cc2)=NO1)(C(=O)NO)S(C)(=O)=O. The highest BCUT2D eigenvalue weighted by Gasteiger charge is 2.47. The van der Waals surface area contributed by atoms with Crippen LogP contribution in [0.2, 0.25) is 0 Å². The first kappa shape index (κ1) is 23.7. The Morgan fingerprint density at radius 3 is 2.41 bits per heavy atom. The number of benzene rings is 1. The Morgan fingerprint density at radius 1 is 1.22 bits per heavy atom. The Balaban J connectivity index is 1.78. The van der Waals surface area contributed by atoms with Crippen LogP contribution in [0.15, 0.2) is 47.9 Å². The standard InChI is InChI=1S/C20H20F3N3O5S/c1-19(18(27)25-28,32(2,29)30)10-14-9-17(26-31-14)13-5-3-12(4-6-13)15-7-8-24-11-16(15)20(21,22)23/h3-8,11,14,28H,9-10H2,1-2H3,(H,25,27)/t14-,19?/m1/s1. The normalized spacial score (nSPS) is 18.4. The molecule has 1 amide bonds. The molecule has 2 heterocycles. The number of aromatic nitrogens is 1. The van der Waals surface area contributed by atoms with Gasteiger partial charge in [0, 0.05) is 31.5 Å². The number of rotatable bonds is 6. The topological polar surface area (TPSA) is 118 Å². The molecule has 0 aliphatic carbocycles. The molecule has 32 heavy (non-hydrogen) atoms. The number of hydrogen-bond donors (Lipinski definition) is 2. The van der Waals surface area contributed by atoms with Crippen molar-refractivity contribution in [2.75, 3.05) is 6.26 Å². The van der Waals surface area contributed by atoms with Gasteiger partial charge in [-0.15, -0.1) is 0 Å². The van der Waals surface area contributed by atoms with E-state index in [1.807, 2.05) is 0 Å². The highest BCUT2D eigenvalue weighted by molar-refractivity contribution is 7.92. The van der Waals surface area contributed by atoms with E-state index < -0.39 is 38.3 Å². The van der Waals surface area contributed by atoms with Gasteiger partial charge in [0.2, 0.25) is 0 Å². The minimum atomic E-state index is -4.55. The van der Waals surface area contributed by atoms with Gasteiger partial charge in [0.15, 0.2) is 14.6 Å². The zero-order chi connectivity index (χ0) is 23.7. The predicted molar refractivity (Wildman–Crippen MR) is 108 cm³/mol. The van der Waals surface area contributed by atoms with Crippen molar-refractivity contribution in [1.29, 1.82) is 0 Å². The van der Waals surface area contributed by atoms with Gasteiger partial charge in [-0.25, -0.2) is 13.9 Å². The molecule has 0 saturated heterocycles. The van der Waals surface area contributed by atoms with E-state index in [-0.39, 0.29) is 18.4 Å². The fraction of sp³-hybridized carbons (Fsp3) is 0.350. The summed E-state index contributed by atoms with van der Waals surface area (Å²) in [4.78, 5) is 20.8. The molecule has 0 fully saturated rings. The van der Waals surface area contributed by atoms with Crippen molar-refractivity contribution < 1.29 is 36.4 Å². The van der Waals surface area contributed by atoms with E-state index >= 15 is 0 Å². The van der Waals surface area contributed by atoms with E-state index in [2.05, 4.69) is 10.1 Å². The molecule has 0 spiro atoms. The number of nitrogens with zero attached hydrogens (tertiary/aromatic N) is 2. The van der Waals surface area contributed by atoms with Crippen molar-refractivity contribution in [3.63, 3.8) is 0 Å². The van der Waals surface area contributed by atoms with Crippen molar-refractivity contribution in [2.24, 2.45) is 5.16 Å². The minimum Gasteiger partial charge on any atom is -0.392 e. The second-order valence-electron chi connectivity index (χ2n) is 7.61. The second kappa shape index (κ2) is 8.51. The van der Waals surface area contributed by atoms with Gasteiger partial charge < -0.3 is 4.84 Å². The van der Waals surface area contributed by atoms with Crippen LogP contribution in [0.1, 0.15) is 30.9 Å². The number of hydrogen-bond acceptors (Lipinski definition) is 7. The summed E-state index contributed by atoms with van der Waals surface area (Å²) < 4.78 is 62.0. The minimum absolute atomic E-state index is 0.0135. The molecule has 1 aliphatic rings. The molecule has 1 unspecified atom stereocenters. The van der Waals surface area contributed by atoms with Crippen LogP contribution in [-0.2, 0) is 25.6 Å². The average molecular weight is 471 g/mol. The number of oxime groups is 1. The van der Waals surface area contributed by atoms with Gasteiger partial charge in [0.1, 0.15) is 6.10 Å². The van der Waals surface area contributed by atoms with Crippen LogP contribution in [0, 0.1) is 0 Å². The third-order valence-corrected chi connectivity index (χ3v) is 7.39. The monoisotopic (exact) mass is 471 g/mol. The number of carbonyl (C=O) groups is 1. The van der Waals surface area contributed by atoms with E-state index in [0.717, 1.165) is 12.5 Å². The van der Waals surface area contributed by atoms with E-state index in [0.29, 0.717) is 16.8 Å². The molecule has 2 aromatic rings. The molecule has 0 radical (unpaired) electrons. The third kappa shape index (κ3) is 4.60. The largest absolute Gasteiger partial charge is 0.418 e. The highest BCUT2D eigenvalue weighted by atomic mass is 32.2. The van der Waals surface area contributed by atoms with Crippen molar-refractivity contribution in [3.05, 3.63) is 53.9 Å². The number of amides is 1. The molecule has 3 rings (SSSR count). The van der Waals surface area contributed by atoms with Gasteiger partial charge in [-0.3, -0.25) is 15.0 Å². The molecule has 1 aromatic heterocycles. The number of pyridine rings is 1. The lowest BCUT2D eigenvalue weighted by Gasteiger charge is -2.26.